The second-order valence-corrected chi connectivity index (χ2v) is 14.6. The molecule has 0 aromatic heterocycles. The number of fused-ring (bicyclic) bond motifs is 3. The molecule has 0 saturated heterocycles. The van der Waals surface area contributed by atoms with Crippen molar-refractivity contribution in [2.24, 2.45) is 5.92 Å². The highest BCUT2D eigenvalue weighted by Gasteiger charge is 2.46. The Labute approximate surface area is 196 Å². The summed E-state index contributed by atoms with van der Waals surface area (Å²) in [5.74, 6) is 2.95. The number of hydrogen-bond donors (Lipinski definition) is 0. The summed E-state index contributed by atoms with van der Waals surface area (Å²) in [6.07, 6.45) is 9.63. The molecule has 0 saturated carbocycles. The maximum Gasteiger partial charge on any atom is 0.276 e. The molecule has 4 rings (SSSR count). The van der Waals surface area contributed by atoms with E-state index < -0.39 is 8.32 Å². The minimum absolute atomic E-state index is 0.166. The predicted octanol–water partition coefficient (Wildman–Crippen LogP) is 7.52. The van der Waals surface area contributed by atoms with Crippen molar-refractivity contribution in [3.63, 3.8) is 0 Å². The summed E-state index contributed by atoms with van der Waals surface area (Å²) in [6, 6.07) is 15.4. The zero-order chi connectivity index (χ0) is 22.9. The van der Waals surface area contributed by atoms with E-state index in [0.29, 0.717) is 11.8 Å². The second kappa shape index (κ2) is 9.09. The van der Waals surface area contributed by atoms with Gasteiger partial charge in [-0.2, -0.15) is 0 Å². The normalized spacial score (nSPS) is 21.8. The first-order chi connectivity index (χ1) is 15.2. The fourth-order valence-electron chi connectivity index (χ4n) is 5.54. The minimum Gasteiger partial charge on any atom is -0.539 e. The minimum atomic E-state index is -2.13. The first-order valence-corrected chi connectivity index (χ1v) is 15.4. The van der Waals surface area contributed by atoms with Gasteiger partial charge in [-0.05, 0) is 82.4 Å². The third kappa shape index (κ3) is 4.68. The van der Waals surface area contributed by atoms with E-state index in [1.165, 1.54) is 54.0 Å². The van der Waals surface area contributed by atoms with Gasteiger partial charge in [0, 0.05) is 17.4 Å². The molecule has 172 valence electrons. The van der Waals surface area contributed by atoms with Gasteiger partial charge in [-0.15, -0.1) is 0 Å². The van der Waals surface area contributed by atoms with Crippen molar-refractivity contribution in [2.75, 3.05) is 0 Å². The molecule has 32 heavy (non-hydrogen) atoms. The zero-order valence-corrected chi connectivity index (χ0v) is 21.8. The molecule has 2 aliphatic rings. The lowest BCUT2D eigenvalue weighted by Crippen LogP contribution is -2.49. The summed E-state index contributed by atoms with van der Waals surface area (Å²) in [6.45, 7) is 13.7. The summed E-state index contributed by atoms with van der Waals surface area (Å²) in [5, 5.41) is 1.33. The average Bonchev–Trinajstić information content (AvgIpc) is 2.73. The molecule has 2 nitrogen and oxygen atoms in total. The van der Waals surface area contributed by atoms with Crippen LogP contribution in [0.3, 0.4) is 0 Å². The van der Waals surface area contributed by atoms with E-state index in [-0.39, 0.29) is 5.60 Å². The van der Waals surface area contributed by atoms with Crippen molar-refractivity contribution < 1.29 is 9.16 Å². The first kappa shape index (κ1) is 23.2. The number of hydrogen-bond acceptors (Lipinski definition) is 2. The van der Waals surface area contributed by atoms with Gasteiger partial charge in [-0.3, -0.25) is 0 Å². The van der Waals surface area contributed by atoms with Crippen molar-refractivity contribution in [1.29, 1.82) is 0 Å². The largest absolute Gasteiger partial charge is 0.539 e. The maximum absolute atomic E-state index is 7.02. The number of unbranched alkanes of at least 4 members (excludes halogenated alkanes) is 2. The predicted molar refractivity (Wildman–Crippen MR) is 138 cm³/mol. The van der Waals surface area contributed by atoms with Gasteiger partial charge in [0.15, 0.2) is 0 Å². The molecule has 2 atom stereocenters. The van der Waals surface area contributed by atoms with Crippen LogP contribution in [0.25, 0.3) is 0 Å². The maximum atomic E-state index is 7.02. The molecule has 2 aromatic carbocycles. The Morgan fingerprint density at radius 3 is 2.56 bits per heavy atom. The van der Waals surface area contributed by atoms with Crippen LogP contribution in [0.4, 0.5) is 0 Å². The lowest BCUT2D eigenvalue weighted by atomic mass is 9.68. The molecular weight excluding hydrogens is 408 g/mol. The molecule has 0 fully saturated rings. The molecule has 0 N–H and O–H groups in total. The van der Waals surface area contributed by atoms with Gasteiger partial charge in [-0.25, -0.2) is 0 Å². The van der Waals surface area contributed by atoms with Crippen LogP contribution in [0.15, 0.2) is 54.1 Å². The number of benzene rings is 2. The lowest BCUT2D eigenvalue weighted by molar-refractivity contribution is 0.0110. The Kier molecular flexibility index (Phi) is 6.58. The van der Waals surface area contributed by atoms with Crippen molar-refractivity contribution in [3.8, 4) is 11.5 Å². The molecule has 1 aliphatic carbocycles. The van der Waals surface area contributed by atoms with Crippen LogP contribution in [0.1, 0.15) is 76.8 Å². The Balaban J connectivity index is 1.81. The topological polar surface area (TPSA) is 18.5 Å². The van der Waals surface area contributed by atoms with Gasteiger partial charge in [0.05, 0.1) is 0 Å². The molecule has 1 heterocycles. The average molecular weight is 449 g/mol. The molecule has 0 bridgehead atoms. The van der Waals surface area contributed by atoms with Crippen LogP contribution in [0, 0.1) is 5.92 Å². The number of allylic oxidation sites excluding steroid dienone is 2. The molecule has 0 spiro atoms. The number of aryl methyl sites for hydroxylation is 1. The van der Waals surface area contributed by atoms with Crippen molar-refractivity contribution >= 4 is 13.5 Å². The Bertz CT molecular complexity index is 974. The van der Waals surface area contributed by atoms with Crippen LogP contribution < -0.4 is 14.3 Å². The highest BCUT2D eigenvalue weighted by atomic mass is 28.4. The quantitative estimate of drug-likeness (QED) is 0.248. The summed E-state index contributed by atoms with van der Waals surface area (Å²) >= 11 is 0. The summed E-state index contributed by atoms with van der Waals surface area (Å²) < 4.78 is 13.8. The van der Waals surface area contributed by atoms with E-state index in [0.717, 1.165) is 17.9 Å². The third-order valence-corrected chi connectivity index (χ3v) is 9.87. The van der Waals surface area contributed by atoms with Crippen molar-refractivity contribution in [2.45, 2.75) is 90.8 Å². The Morgan fingerprint density at radius 2 is 1.84 bits per heavy atom. The Hall–Kier alpha value is -2.00. The molecular formula is C29H40O2Si. The van der Waals surface area contributed by atoms with E-state index in [2.05, 4.69) is 89.3 Å². The molecule has 2 aromatic rings. The monoisotopic (exact) mass is 448 g/mol. The van der Waals surface area contributed by atoms with Gasteiger partial charge in [-0.1, -0.05) is 61.7 Å². The van der Waals surface area contributed by atoms with Gasteiger partial charge < -0.3 is 9.16 Å². The highest BCUT2D eigenvalue weighted by Crippen LogP contribution is 2.54. The summed E-state index contributed by atoms with van der Waals surface area (Å²) in [4.78, 5) is 0. The van der Waals surface area contributed by atoms with Gasteiger partial charge >= 0.3 is 0 Å². The van der Waals surface area contributed by atoms with Crippen LogP contribution in [-0.2, 0) is 6.42 Å². The fourth-order valence-corrected chi connectivity index (χ4v) is 7.37. The second-order valence-electron chi connectivity index (χ2n) is 10.8. The van der Waals surface area contributed by atoms with E-state index in [1.807, 2.05) is 0 Å². The highest BCUT2D eigenvalue weighted by molar-refractivity contribution is 6.85. The lowest BCUT2D eigenvalue weighted by Gasteiger charge is -2.47. The van der Waals surface area contributed by atoms with Crippen LogP contribution >= 0.6 is 0 Å². The van der Waals surface area contributed by atoms with Crippen LogP contribution in [0.5, 0.6) is 11.5 Å². The molecule has 0 amide bonds. The smallest absolute Gasteiger partial charge is 0.276 e. The fraction of sp³-hybridized carbons (Fsp3) is 0.517. The zero-order valence-electron chi connectivity index (χ0n) is 20.8. The van der Waals surface area contributed by atoms with Crippen LogP contribution in [-0.4, -0.2) is 13.9 Å². The van der Waals surface area contributed by atoms with Crippen molar-refractivity contribution in [3.05, 3.63) is 65.2 Å². The van der Waals surface area contributed by atoms with E-state index in [9.17, 15) is 0 Å². The van der Waals surface area contributed by atoms with Gasteiger partial charge in [0.25, 0.3) is 8.32 Å². The van der Waals surface area contributed by atoms with Crippen LogP contribution in [0.2, 0.25) is 13.1 Å². The molecule has 0 unspecified atom stereocenters. The van der Waals surface area contributed by atoms with Crippen molar-refractivity contribution in [1.82, 2.24) is 0 Å². The number of ether oxygens (including phenoxy) is 1. The molecule has 3 heteroatoms. The van der Waals surface area contributed by atoms with Gasteiger partial charge in [0.1, 0.15) is 17.1 Å². The Morgan fingerprint density at radius 1 is 1.09 bits per heavy atom. The standard InChI is InChI=1S/C29H40O2Si/c1-7-8-10-13-22-19-26-28(24-18-21(2)16-17-25(24)29(3,4)30-26)27(20-22)31-32(5,6)23-14-11-9-12-15-23/h9,11-12,14-15,18-20,24-25H,7-8,10,13,16-17H2,1-6H3/t24-,25-/m0/s1. The summed E-state index contributed by atoms with van der Waals surface area (Å²) in [7, 11) is -2.13. The third-order valence-electron chi connectivity index (χ3n) is 7.41. The van der Waals surface area contributed by atoms with E-state index in [4.69, 9.17) is 9.16 Å². The molecule has 1 aliphatic heterocycles. The first-order valence-electron chi connectivity index (χ1n) is 12.5. The summed E-state index contributed by atoms with van der Waals surface area (Å²) in [5.41, 5.74) is 3.95. The number of rotatable bonds is 7. The SMILES string of the molecule is CCCCCc1cc2c(c(O[Si](C)(C)c3ccccc3)c1)[C@H]1C=C(C)CC[C@@H]1C(C)(C)O2. The van der Waals surface area contributed by atoms with E-state index >= 15 is 0 Å². The van der Waals surface area contributed by atoms with Gasteiger partial charge in [0.2, 0.25) is 0 Å². The van der Waals surface area contributed by atoms with E-state index in [1.54, 1.807) is 0 Å². The molecule has 0 radical (unpaired) electrons.